The first-order chi connectivity index (χ1) is 7.00. The summed E-state index contributed by atoms with van der Waals surface area (Å²) >= 11 is 0. The Morgan fingerprint density at radius 3 is 2.73 bits per heavy atom. The van der Waals surface area contributed by atoms with Crippen molar-refractivity contribution < 1.29 is 9.72 Å². The molecule has 78 valence electrons. The minimum Gasteiger partial charge on any atom is -0.366 e. The third kappa shape index (κ3) is 2.91. The van der Waals surface area contributed by atoms with Gasteiger partial charge in [0.25, 0.3) is 5.69 Å². The predicted molar refractivity (Wildman–Crippen MR) is 56.1 cm³/mol. The van der Waals surface area contributed by atoms with E-state index in [9.17, 15) is 14.9 Å². The van der Waals surface area contributed by atoms with Crippen LogP contribution >= 0.6 is 0 Å². The van der Waals surface area contributed by atoms with E-state index < -0.39 is 10.8 Å². The molecule has 0 saturated carbocycles. The summed E-state index contributed by atoms with van der Waals surface area (Å²) in [6.45, 7) is 1.76. The van der Waals surface area contributed by atoms with Crippen LogP contribution in [-0.4, -0.2) is 10.8 Å². The fourth-order valence-corrected chi connectivity index (χ4v) is 1.12. The third-order valence-electron chi connectivity index (χ3n) is 1.81. The maximum Gasteiger partial charge on any atom is 0.276 e. The fraction of sp³-hybridized carbons (Fsp3) is 0.100. The highest BCUT2D eigenvalue weighted by atomic mass is 16.6. The fourth-order valence-electron chi connectivity index (χ4n) is 1.12. The Kier molecular flexibility index (Phi) is 3.17. The van der Waals surface area contributed by atoms with Gasteiger partial charge in [-0.15, -0.1) is 0 Å². The number of nitro benzene ring substituents is 1. The Balaban J connectivity index is 3.17. The average Bonchev–Trinajstić information content (AvgIpc) is 2.15. The van der Waals surface area contributed by atoms with Gasteiger partial charge in [-0.3, -0.25) is 14.9 Å². The Bertz CT molecular complexity index is 438. The summed E-state index contributed by atoms with van der Waals surface area (Å²) in [5.41, 5.74) is 6.02. The standard InChI is InChI=1S/C10H10N2O3/c1-7-2-3-8(4-5-10(11)13)9(6-7)12(14)15/h2-6H,1H3,(H2,11,13)/b5-4+. The van der Waals surface area contributed by atoms with Gasteiger partial charge in [0, 0.05) is 12.1 Å². The number of nitrogens with two attached hydrogens (primary N) is 1. The van der Waals surface area contributed by atoms with Crippen molar-refractivity contribution in [2.75, 3.05) is 0 Å². The van der Waals surface area contributed by atoms with Crippen molar-refractivity contribution >= 4 is 17.7 Å². The number of benzene rings is 1. The van der Waals surface area contributed by atoms with E-state index in [4.69, 9.17) is 5.73 Å². The minimum absolute atomic E-state index is 0.0347. The van der Waals surface area contributed by atoms with Crippen LogP contribution in [0.4, 0.5) is 5.69 Å². The molecule has 0 spiro atoms. The molecule has 1 rings (SSSR count). The lowest BCUT2D eigenvalue weighted by Gasteiger charge is -1.98. The van der Waals surface area contributed by atoms with Crippen molar-refractivity contribution in [1.82, 2.24) is 0 Å². The lowest BCUT2D eigenvalue weighted by atomic mass is 10.1. The molecule has 0 atom stereocenters. The largest absolute Gasteiger partial charge is 0.366 e. The number of hydrogen-bond donors (Lipinski definition) is 1. The summed E-state index contributed by atoms with van der Waals surface area (Å²) in [5, 5.41) is 10.7. The lowest BCUT2D eigenvalue weighted by molar-refractivity contribution is -0.385. The van der Waals surface area contributed by atoms with Crippen molar-refractivity contribution in [2.45, 2.75) is 6.92 Å². The Morgan fingerprint density at radius 2 is 2.20 bits per heavy atom. The molecule has 0 unspecified atom stereocenters. The Morgan fingerprint density at radius 1 is 1.53 bits per heavy atom. The number of carbonyl (C=O) groups excluding carboxylic acids is 1. The van der Waals surface area contributed by atoms with Gasteiger partial charge < -0.3 is 5.73 Å². The summed E-state index contributed by atoms with van der Waals surface area (Å²) in [5.74, 6) is -0.634. The van der Waals surface area contributed by atoms with E-state index in [2.05, 4.69) is 0 Å². The van der Waals surface area contributed by atoms with Crippen molar-refractivity contribution in [3.63, 3.8) is 0 Å². The Labute approximate surface area is 86.4 Å². The molecule has 1 aromatic rings. The zero-order valence-electron chi connectivity index (χ0n) is 8.14. The minimum atomic E-state index is -0.634. The van der Waals surface area contributed by atoms with Gasteiger partial charge in [0.1, 0.15) is 0 Å². The summed E-state index contributed by atoms with van der Waals surface area (Å²) in [7, 11) is 0. The summed E-state index contributed by atoms with van der Waals surface area (Å²) < 4.78 is 0. The molecule has 0 aliphatic heterocycles. The monoisotopic (exact) mass is 206 g/mol. The Hall–Kier alpha value is -2.17. The molecule has 5 heteroatoms. The number of primary amides is 1. The molecule has 5 nitrogen and oxygen atoms in total. The smallest absolute Gasteiger partial charge is 0.276 e. The zero-order valence-corrected chi connectivity index (χ0v) is 8.14. The van der Waals surface area contributed by atoms with Crippen LogP contribution in [0.3, 0.4) is 0 Å². The molecule has 0 saturated heterocycles. The molecular formula is C10H10N2O3. The number of nitro groups is 1. The van der Waals surface area contributed by atoms with Crippen molar-refractivity contribution in [1.29, 1.82) is 0 Å². The van der Waals surface area contributed by atoms with E-state index in [-0.39, 0.29) is 5.69 Å². The highest BCUT2D eigenvalue weighted by molar-refractivity contribution is 5.90. The third-order valence-corrected chi connectivity index (χ3v) is 1.81. The van der Waals surface area contributed by atoms with E-state index in [0.29, 0.717) is 5.56 Å². The normalized spacial score (nSPS) is 10.5. The molecule has 0 aliphatic carbocycles. The first kappa shape index (κ1) is 10.9. The van der Waals surface area contributed by atoms with Crippen LogP contribution in [0.25, 0.3) is 6.08 Å². The summed E-state index contributed by atoms with van der Waals surface area (Å²) in [4.78, 5) is 20.7. The quantitative estimate of drug-likeness (QED) is 0.460. The van der Waals surface area contributed by atoms with Gasteiger partial charge in [-0.1, -0.05) is 6.07 Å². The van der Waals surface area contributed by atoms with E-state index in [1.54, 1.807) is 19.1 Å². The van der Waals surface area contributed by atoms with Gasteiger partial charge in [0.15, 0.2) is 0 Å². The second kappa shape index (κ2) is 4.36. The second-order valence-electron chi connectivity index (χ2n) is 3.06. The van der Waals surface area contributed by atoms with Crippen LogP contribution in [0.15, 0.2) is 24.3 Å². The lowest BCUT2D eigenvalue weighted by Crippen LogP contribution is -2.05. The number of aryl methyl sites for hydroxylation is 1. The van der Waals surface area contributed by atoms with E-state index in [0.717, 1.165) is 11.6 Å². The van der Waals surface area contributed by atoms with Crippen LogP contribution in [0.2, 0.25) is 0 Å². The van der Waals surface area contributed by atoms with E-state index in [1.165, 1.54) is 12.1 Å². The second-order valence-corrected chi connectivity index (χ2v) is 3.06. The number of rotatable bonds is 3. The molecule has 0 aliphatic rings. The number of hydrogen-bond acceptors (Lipinski definition) is 3. The molecule has 15 heavy (non-hydrogen) atoms. The maximum atomic E-state index is 10.7. The van der Waals surface area contributed by atoms with Crippen LogP contribution in [0, 0.1) is 17.0 Å². The van der Waals surface area contributed by atoms with Gasteiger partial charge in [-0.25, -0.2) is 0 Å². The molecule has 0 bridgehead atoms. The number of carbonyl (C=O) groups is 1. The molecule has 1 amide bonds. The van der Waals surface area contributed by atoms with Gasteiger partial charge in [-0.2, -0.15) is 0 Å². The predicted octanol–water partition coefficient (Wildman–Crippen LogP) is 1.40. The molecular weight excluding hydrogens is 196 g/mol. The van der Waals surface area contributed by atoms with Gasteiger partial charge >= 0.3 is 0 Å². The van der Waals surface area contributed by atoms with Gasteiger partial charge in [0.2, 0.25) is 5.91 Å². The summed E-state index contributed by atoms with van der Waals surface area (Å²) in [6, 6.07) is 4.75. The first-order valence-corrected chi connectivity index (χ1v) is 4.23. The van der Waals surface area contributed by atoms with Crippen molar-refractivity contribution in [3.05, 3.63) is 45.5 Å². The first-order valence-electron chi connectivity index (χ1n) is 4.23. The van der Waals surface area contributed by atoms with Crippen molar-refractivity contribution in [3.8, 4) is 0 Å². The molecule has 0 heterocycles. The molecule has 0 aromatic heterocycles. The molecule has 0 fully saturated rings. The molecule has 0 radical (unpaired) electrons. The van der Waals surface area contributed by atoms with Crippen LogP contribution in [-0.2, 0) is 4.79 Å². The number of amides is 1. The molecule has 1 aromatic carbocycles. The van der Waals surface area contributed by atoms with Gasteiger partial charge in [-0.05, 0) is 24.6 Å². The zero-order chi connectivity index (χ0) is 11.4. The highest BCUT2D eigenvalue weighted by Gasteiger charge is 2.10. The topological polar surface area (TPSA) is 86.2 Å². The van der Waals surface area contributed by atoms with Crippen LogP contribution < -0.4 is 5.73 Å². The summed E-state index contributed by atoms with van der Waals surface area (Å²) in [6.07, 6.45) is 2.43. The average molecular weight is 206 g/mol. The maximum absolute atomic E-state index is 10.7. The highest BCUT2D eigenvalue weighted by Crippen LogP contribution is 2.21. The number of nitrogens with zero attached hydrogens (tertiary/aromatic N) is 1. The van der Waals surface area contributed by atoms with Crippen LogP contribution in [0.1, 0.15) is 11.1 Å². The SMILES string of the molecule is Cc1ccc(/C=C/C(N)=O)c([N+](=O)[O-])c1. The molecule has 2 N–H and O–H groups in total. The van der Waals surface area contributed by atoms with Crippen LogP contribution in [0.5, 0.6) is 0 Å². The van der Waals surface area contributed by atoms with Gasteiger partial charge in [0.05, 0.1) is 10.5 Å². The van der Waals surface area contributed by atoms with E-state index >= 15 is 0 Å². The van der Waals surface area contributed by atoms with Crippen molar-refractivity contribution in [2.24, 2.45) is 5.73 Å². The van der Waals surface area contributed by atoms with E-state index in [1.807, 2.05) is 0 Å².